The van der Waals surface area contributed by atoms with E-state index < -0.39 is 0 Å². The number of hydrogen-bond donors (Lipinski definition) is 0. The Hall–Kier alpha value is -0.560. The van der Waals surface area contributed by atoms with Crippen LogP contribution in [-0.2, 0) is 0 Å². The third kappa shape index (κ3) is 3.49. The SMILES string of the molecule is Brc1ccc(C=CC2CCCCC2)cc1. The average molecular weight is 265 g/mol. The lowest BCUT2D eigenvalue weighted by molar-refractivity contribution is 0.420. The van der Waals surface area contributed by atoms with Crippen molar-refractivity contribution >= 4 is 22.0 Å². The summed E-state index contributed by atoms with van der Waals surface area (Å²) in [5.74, 6) is 0.822. The van der Waals surface area contributed by atoms with Crippen LogP contribution in [0.1, 0.15) is 37.7 Å². The molecule has 1 aliphatic rings. The Bertz CT molecular complexity index is 318. The standard InChI is InChI=1S/C14H17Br/c15-14-10-8-13(9-11-14)7-6-12-4-2-1-3-5-12/h6-12H,1-5H2. The minimum absolute atomic E-state index is 0.822. The average Bonchev–Trinajstić information content (AvgIpc) is 2.30. The van der Waals surface area contributed by atoms with Crippen molar-refractivity contribution in [3.63, 3.8) is 0 Å². The first-order chi connectivity index (χ1) is 7.34. The molecule has 15 heavy (non-hydrogen) atoms. The summed E-state index contributed by atoms with van der Waals surface area (Å²) < 4.78 is 1.15. The maximum absolute atomic E-state index is 3.45. The molecule has 0 atom stereocenters. The van der Waals surface area contributed by atoms with Crippen LogP contribution in [0.25, 0.3) is 6.08 Å². The third-order valence-electron chi connectivity index (χ3n) is 3.08. The maximum Gasteiger partial charge on any atom is 0.0175 e. The Morgan fingerprint density at radius 3 is 2.33 bits per heavy atom. The molecule has 0 amide bonds. The van der Waals surface area contributed by atoms with E-state index in [-0.39, 0.29) is 0 Å². The van der Waals surface area contributed by atoms with Crippen LogP contribution >= 0.6 is 15.9 Å². The van der Waals surface area contributed by atoms with Gasteiger partial charge in [0.1, 0.15) is 0 Å². The quantitative estimate of drug-likeness (QED) is 0.702. The molecule has 1 fully saturated rings. The van der Waals surface area contributed by atoms with Gasteiger partial charge in [-0.1, -0.05) is 59.5 Å². The van der Waals surface area contributed by atoms with Crippen molar-refractivity contribution in [3.8, 4) is 0 Å². The van der Waals surface area contributed by atoms with Crippen LogP contribution in [0.3, 0.4) is 0 Å². The molecule has 0 nitrogen and oxygen atoms in total. The Morgan fingerprint density at radius 1 is 1.00 bits per heavy atom. The molecule has 1 aromatic carbocycles. The first-order valence-electron chi connectivity index (χ1n) is 5.78. The van der Waals surface area contributed by atoms with Gasteiger partial charge in [0, 0.05) is 4.47 Å². The van der Waals surface area contributed by atoms with Gasteiger partial charge in [-0.05, 0) is 36.5 Å². The highest BCUT2D eigenvalue weighted by Gasteiger charge is 2.09. The van der Waals surface area contributed by atoms with Gasteiger partial charge >= 0.3 is 0 Å². The summed E-state index contributed by atoms with van der Waals surface area (Å²) in [7, 11) is 0. The van der Waals surface area contributed by atoms with E-state index in [1.165, 1.54) is 37.7 Å². The molecule has 0 radical (unpaired) electrons. The van der Waals surface area contributed by atoms with E-state index in [1.807, 2.05) is 0 Å². The predicted octanol–water partition coefficient (Wildman–Crippen LogP) is 5.04. The molecule has 0 aliphatic heterocycles. The molecule has 1 heteroatoms. The molecule has 0 heterocycles. The normalized spacial score (nSPS) is 18.5. The van der Waals surface area contributed by atoms with Gasteiger partial charge in [-0.2, -0.15) is 0 Å². The van der Waals surface area contributed by atoms with Gasteiger partial charge < -0.3 is 0 Å². The Morgan fingerprint density at radius 2 is 1.67 bits per heavy atom. The molecular weight excluding hydrogens is 248 g/mol. The zero-order chi connectivity index (χ0) is 10.5. The van der Waals surface area contributed by atoms with Gasteiger partial charge in [-0.15, -0.1) is 0 Å². The van der Waals surface area contributed by atoms with E-state index in [9.17, 15) is 0 Å². The molecule has 0 bridgehead atoms. The molecular formula is C14H17Br. The molecule has 80 valence electrons. The minimum atomic E-state index is 0.822. The fourth-order valence-corrected chi connectivity index (χ4v) is 2.41. The fraction of sp³-hybridized carbons (Fsp3) is 0.429. The van der Waals surface area contributed by atoms with Gasteiger partial charge in [-0.3, -0.25) is 0 Å². The van der Waals surface area contributed by atoms with Crippen LogP contribution in [0.5, 0.6) is 0 Å². The molecule has 1 aliphatic carbocycles. The van der Waals surface area contributed by atoms with Gasteiger partial charge in [0.15, 0.2) is 0 Å². The highest BCUT2D eigenvalue weighted by atomic mass is 79.9. The van der Waals surface area contributed by atoms with Gasteiger partial charge in [0.2, 0.25) is 0 Å². The summed E-state index contributed by atoms with van der Waals surface area (Å²) in [6.45, 7) is 0. The Balaban J connectivity index is 1.95. The summed E-state index contributed by atoms with van der Waals surface area (Å²) in [6, 6.07) is 8.51. The van der Waals surface area contributed by atoms with Crippen molar-refractivity contribution in [1.29, 1.82) is 0 Å². The maximum atomic E-state index is 3.45. The summed E-state index contributed by atoms with van der Waals surface area (Å²) in [5.41, 5.74) is 1.31. The highest BCUT2D eigenvalue weighted by Crippen LogP contribution is 2.25. The summed E-state index contributed by atoms with van der Waals surface area (Å²) in [5, 5.41) is 0. The molecule has 1 saturated carbocycles. The largest absolute Gasteiger partial charge is 0.0808 e. The molecule has 1 aromatic rings. The van der Waals surface area contributed by atoms with Crippen molar-refractivity contribution in [1.82, 2.24) is 0 Å². The first-order valence-corrected chi connectivity index (χ1v) is 6.58. The second-order valence-electron chi connectivity index (χ2n) is 4.31. The van der Waals surface area contributed by atoms with E-state index in [4.69, 9.17) is 0 Å². The lowest BCUT2D eigenvalue weighted by Crippen LogP contribution is -2.02. The zero-order valence-electron chi connectivity index (χ0n) is 8.95. The smallest absolute Gasteiger partial charge is 0.0175 e. The monoisotopic (exact) mass is 264 g/mol. The van der Waals surface area contributed by atoms with Crippen molar-refractivity contribution < 1.29 is 0 Å². The topological polar surface area (TPSA) is 0 Å². The van der Waals surface area contributed by atoms with Crippen LogP contribution in [-0.4, -0.2) is 0 Å². The van der Waals surface area contributed by atoms with Crippen LogP contribution in [0.2, 0.25) is 0 Å². The molecule has 0 aromatic heterocycles. The summed E-state index contributed by atoms with van der Waals surface area (Å²) in [4.78, 5) is 0. The first kappa shape index (κ1) is 10.9. The van der Waals surface area contributed by atoms with Gasteiger partial charge in [0.05, 0.1) is 0 Å². The Labute approximate surface area is 101 Å². The number of allylic oxidation sites excluding steroid dienone is 1. The second-order valence-corrected chi connectivity index (χ2v) is 5.22. The van der Waals surface area contributed by atoms with Crippen LogP contribution in [0, 0.1) is 5.92 Å². The lowest BCUT2D eigenvalue weighted by atomic mass is 9.89. The zero-order valence-corrected chi connectivity index (χ0v) is 10.5. The number of hydrogen-bond acceptors (Lipinski definition) is 0. The molecule has 0 saturated heterocycles. The third-order valence-corrected chi connectivity index (χ3v) is 3.61. The number of benzene rings is 1. The number of halogens is 1. The van der Waals surface area contributed by atoms with Crippen molar-refractivity contribution in [2.75, 3.05) is 0 Å². The fourth-order valence-electron chi connectivity index (χ4n) is 2.15. The van der Waals surface area contributed by atoms with E-state index >= 15 is 0 Å². The second kappa shape index (κ2) is 5.50. The van der Waals surface area contributed by atoms with Crippen molar-refractivity contribution in [2.24, 2.45) is 5.92 Å². The summed E-state index contributed by atoms with van der Waals surface area (Å²) >= 11 is 3.45. The van der Waals surface area contributed by atoms with Crippen LogP contribution < -0.4 is 0 Å². The van der Waals surface area contributed by atoms with Crippen molar-refractivity contribution in [3.05, 3.63) is 40.4 Å². The van der Waals surface area contributed by atoms with E-state index in [1.54, 1.807) is 0 Å². The van der Waals surface area contributed by atoms with Gasteiger partial charge in [-0.25, -0.2) is 0 Å². The summed E-state index contributed by atoms with van der Waals surface area (Å²) in [6.07, 6.45) is 11.7. The predicted molar refractivity (Wildman–Crippen MR) is 69.8 cm³/mol. The van der Waals surface area contributed by atoms with Crippen LogP contribution in [0.15, 0.2) is 34.8 Å². The molecule has 0 spiro atoms. The highest BCUT2D eigenvalue weighted by molar-refractivity contribution is 9.10. The lowest BCUT2D eigenvalue weighted by Gasteiger charge is -2.17. The van der Waals surface area contributed by atoms with E-state index in [2.05, 4.69) is 52.3 Å². The number of rotatable bonds is 2. The van der Waals surface area contributed by atoms with Gasteiger partial charge in [0.25, 0.3) is 0 Å². The van der Waals surface area contributed by atoms with E-state index in [0.717, 1.165) is 10.4 Å². The van der Waals surface area contributed by atoms with E-state index in [0.29, 0.717) is 0 Å². The minimum Gasteiger partial charge on any atom is -0.0808 e. The van der Waals surface area contributed by atoms with Crippen molar-refractivity contribution in [2.45, 2.75) is 32.1 Å². The molecule has 0 unspecified atom stereocenters. The Kier molecular flexibility index (Phi) is 4.01. The molecule has 0 N–H and O–H groups in total. The van der Waals surface area contributed by atoms with Crippen LogP contribution in [0.4, 0.5) is 0 Å². The molecule has 2 rings (SSSR count).